The summed E-state index contributed by atoms with van der Waals surface area (Å²) >= 11 is 5.43. The summed E-state index contributed by atoms with van der Waals surface area (Å²) in [5.74, 6) is 0. The Morgan fingerprint density at radius 3 is 1.96 bits per heavy atom. The summed E-state index contributed by atoms with van der Waals surface area (Å²) < 4.78 is 10.6. The number of carbonyl (C=O) groups is 2. The van der Waals surface area contributed by atoms with E-state index in [9.17, 15) is 9.59 Å². The zero-order valence-electron chi connectivity index (χ0n) is 17.4. The standard InChI is InChI=1S/C18H34N4O4S/c1-17(2,3)25-15(23)20-9-8-19-14(27)21-10-7-11-22(13-12-21)16(24)26-18(4,5)6/h7-13H2,1-6H3,(H,19,27)(H,20,23). The van der Waals surface area contributed by atoms with Crippen molar-refractivity contribution in [1.29, 1.82) is 0 Å². The van der Waals surface area contributed by atoms with E-state index < -0.39 is 17.3 Å². The number of rotatable bonds is 3. The third-order valence-electron chi connectivity index (χ3n) is 3.50. The van der Waals surface area contributed by atoms with Crippen LogP contribution in [0.3, 0.4) is 0 Å². The number of thiocarbonyl (C=S) groups is 1. The number of amides is 2. The molecule has 0 aromatic carbocycles. The molecule has 1 rings (SSSR count). The van der Waals surface area contributed by atoms with Crippen LogP contribution in [0.15, 0.2) is 0 Å². The summed E-state index contributed by atoms with van der Waals surface area (Å²) in [6, 6.07) is 0. The molecule has 1 aliphatic rings. The summed E-state index contributed by atoms with van der Waals surface area (Å²) in [6.45, 7) is 14.6. The van der Waals surface area contributed by atoms with Crippen molar-refractivity contribution in [2.45, 2.75) is 59.2 Å². The molecule has 0 unspecified atom stereocenters. The van der Waals surface area contributed by atoms with Gasteiger partial charge in [0.15, 0.2) is 5.11 Å². The van der Waals surface area contributed by atoms with E-state index in [-0.39, 0.29) is 6.09 Å². The summed E-state index contributed by atoms with van der Waals surface area (Å²) in [7, 11) is 0. The molecule has 1 fully saturated rings. The van der Waals surface area contributed by atoms with Crippen molar-refractivity contribution in [1.82, 2.24) is 20.4 Å². The van der Waals surface area contributed by atoms with Crippen LogP contribution in [-0.4, -0.2) is 77.6 Å². The van der Waals surface area contributed by atoms with E-state index in [0.29, 0.717) is 37.8 Å². The SMILES string of the molecule is CC(C)(C)OC(=O)NCCNC(=S)N1CCCN(C(=O)OC(C)(C)C)CC1. The molecule has 0 saturated carbocycles. The topological polar surface area (TPSA) is 83.1 Å². The molecule has 0 aromatic rings. The lowest BCUT2D eigenvalue weighted by Crippen LogP contribution is -2.45. The van der Waals surface area contributed by atoms with Crippen molar-refractivity contribution >= 4 is 29.5 Å². The zero-order chi connectivity index (χ0) is 20.7. The van der Waals surface area contributed by atoms with Crippen LogP contribution in [0.1, 0.15) is 48.0 Å². The maximum absolute atomic E-state index is 12.2. The fraction of sp³-hybridized carbons (Fsp3) is 0.833. The molecule has 1 saturated heterocycles. The molecule has 9 heteroatoms. The maximum Gasteiger partial charge on any atom is 0.410 e. The summed E-state index contributed by atoms with van der Waals surface area (Å²) in [5, 5.41) is 6.43. The van der Waals surface area contributed by atoms with Gasteiger partial charge in [-0.2, -0.15) is 0 Å². The van der Waals surface area contributed by atoms with Gasteiger partial charge in [0.1, 0.15) is 11.2 Å². The molecule has 0 aliphatic carbocycles. The number of ether oxygens (including phenoxy) is 2. The zero-order valence-corrected chi connectivity index (χ0v) is 18.2. The average molecular weight is 403 g/mol. The first-order valence-corrected chi connectivity index (χ1v) is 9.76. The first-order valence-electron chi connectivity index (χ1n) is 9.35. The van der Waals surface area contributed by atoms with Crippen LogP contribution in [0.4, 0.5) is 9.59 Å². The summed E-state index contributed by atoms with van der Waals surface area (Å²) in [4.78, 5) is 27.6. The van der Waals surface area contributed by atoms with Gasteiger partial charge in [0.2, 0.25) is 0 Å². The Bertz CT molecular complexity index is 528. The Morgan fingerprint density at radius 1 is 0.852 bits per heavy atom. The van der Waals surface area contributed by atoms with Crippen LogP contribution >= 0.6 is 12.2 Å². The second kappa shape index (κ2) is 9.96. The van der Waals surface area contributed by atoms with Crippen molar-refractivity contribution in [2.75, 3.05) is 39.3 Å². The number of nitrogens with one attached hydrogen (secondary N) is 2. The number of hydrogen-bond donors (Lipinski definition) is 2. The van der Waals surface area contributed by atoms with Gasteiger partial charge in [-0.1, -0.05) is 0 Å². The van der Waals surface area contributed by atoms with Crippen molar-refractivity contribution < 1.29 is 19.1 Å². The Morgan fingerprint density at radius 2 is 1.37 bits per heavy atom. The molecule has 0 bridgehead atoms. The van der Waals surface area contributed by atoms with E-state index in [1.165, 1.54) is 0 Å². The molecule has 1 heterocycles. The van der Waals surface area contributed by atoms with Crippen LogP contribution in [0.25, 0.3) is 0 Å². The largest absolute Gasteiger partial charge is 0.444 e. The highest BCUT2D eigenvalue weighted by molar-refractivity contribution is 7.80. The molecule has 0 aromatic heterocycles. The van der Waals surface area contributed by atoms with Crippen LogP contribution < -0.4 is 10.6 Å². The molecule has 27 heavy (non-hydrogen) atoms. The molecule has 0 atom stereocenters. The van der Waals surface area contributed by atoms with E-state index in [2.05, 4.69) is 10.6 Å². The number of alkyl carbamates (subject to hydrolysis) is 1. The normalized spacial score (nSPS) is 15.6. The van der Waals surface area contributed by atoms with Crippen LogP contribution in [0.5, 0.6) is 0 Å². The van der Waals surface area contributed by atoms with E-state index in [1.54, 1.807) is 4.90 Å². The molecule has 0 spiro atoms. The van der Waals surface area contributed by atoms with E-state index >= 15 is 0 Å². The van der Waals surface area contributed by atoms with Gasteiger partial charge in [-0.25, -0.2) is 9.59 Å². The minimum atomic E-state index is -0.515. The molecule has 0 radical (unpaired) electrons. The van der Waals surface area contributed by atoms with E-state index in [1.807, 2.05) is 46.4 Å². The van der Waals surface area contributed by atoms with E-state index in [0.717, 1.165) is 13.0 Å². The summed E-state index contributed by atoms with van der Waals surface area (Å²) in [5.41, 5.74) is -1.01. The first-order chi connectivity index (χ1) is 12.4. The lowest BCUT2D eigenvalue weighted by molar-refractivity contribution is 0.0259. The van der Waals surface area contributed by atoms with Crippen molar-refractivity contribution in [3.8, 4) is 0 Å². The number of nitrogens with zero attached hydrogens (tertiary/aromatic N) is 2. The Kier molecular flexibility index (Phi) is 8.59. The van der Waals surface area contributed by atoms with Crippen LogP contribution in [0.2, 0.25) is 0 Å². The second-order valence-electron chi connectivity index (χ2n) is 8.47. The molecular formula is C18H34N4O4S. The minimum Gasteiger partial charge on any atom is -0.444 e. The lowest BCUT2D eigenvalue weighted by Gasteiger charge is -2.27. The third kappa shape index (κ3) is 10.2. The fourth-order valence-electron chi connectivity index (χ4n) is 2.39. The number of carbonyl (C=O) groups excluding carboxylic acids is 2. The summed E-state index contributed by atoms with van der Waals surface area (Å²) in [6.07, 6.45) is 0.0832. The smallest absolute Gasteiger partial charge is 0.410 e. The fourth-order valence-corrected chi connectivity index (χ4v) is 2.67. The lowest BCUT2D eigenvalue weighted by atomic mass is 10.2. The van der Waals surface area contributed by atoms with Crippen molar-refractivity contribution in [3.05, 3.63) is 0 Å². The Balaban J connectivity index is 2.32. The van der Waals surface area contributed by atoms with Gasteiger partial charge in [0.25, 0.3) is 0 Å². The third-order valence-corrected chi connectivity index (χ3v) is 3.91. The monoisotopic (exact) mass is 402 g/mol. The Labute approximate surface area is 167 Å². The highest BCUT2D eigenvalue weighted by Gasteiger charge is 2.25. The van der Waals surface area contributed by atoms with Crippen LogP contribution in [0, 0.1) is 0 Å². The second-order valence-corrected chi connectivity index (χ2v) is 8.86. The van der Waals surface area contributed by atoms with Crippen molar-refractivity contribution in [2.24, 2.45) is 0 Å². The molecule has 2 amide bonds. The first kappa shape index (κ1) is 23.3. The van der Waals surface area contributed by atoms with Gasteiger partial charge in [0, 0.05) is 39.3 Å². The van der Waals surface area contributed by atoms with Gasteiger partial charge in [-0.05, 0) is 60.2 Å². The van der Waals surface area contributed by atoms with Gasteiger partial charge in [0.05, 0.1) is 0 Å². The van der Waals surface area contributed by atoms with Gasteiger partial charge < -0.3 is 29.9 Å². The average Bonchev–Trinajstić information content (AvgIpc) is 2.74. The van der Waals surface area contributed by atoms with E-state index in [4.69, 9.17) is 21.7 Å². The quantitative estimate of drug-likeness (QED) is 0.554. The highest BCUT2D eigenvalue weighted by atomic mass is 32.1. The highest BCUT2D eigenvalue weighted by Crippen LogP contribution is 2.12. The maximum atomic E-state index is 12.2. The predicted molar refractivity (Wildman–Crippen MR) is 109 cm³/mol. The predicted octanol–water partition coefficient (Wildman–Crippen LogP) is 2.33. The molecule has 1 aliphatic heterocycles. The van der Waals surface area contributed by atoms with Gasteiger partial charge >= 0.3 is 12.2 Å². The molecule has 2 N–H and O–H groups in total. The minimum absolute atomic E-state index is 0.287. The van der Waals surface area contributed by atoms with Gasteiger partial charge in [-0.3, -0.25) is 0 Å². The number of hydrogen-bond acceptors (Lipinski definition) is 5. The van der Waals surface area contributed by atoms with Gasteiger partial charge in [-0.15, -0.1) is 0 Å². The molecule has 156 valence electrons. The van der Waals surface area contributed by atoms with Crippen LogP contribution in [-0.2, 0) is 9.47 Å². The molecular weight excluding hydrogens is 368 g/mol. The van der Waals surface area contributed by atoms with Crippen molar-refractivity contribution in [3.63, 3.8) is 0 Å². The molecule has 8 nitrogen and oxygen atoms in total. The Hall–Kier alpha value is -1.77.